The van der Waals surface area contributed by atoms with Crippen LogP contribution in [-0.2, 0) is 16.1 Å². The molecule has 1 atom stereocenters. The lowest BCUT2D eigenvalue weighted by atomic mass is 10.0. The van der Waals surface area contributed by atoms with Crippen LogP contribution in [-0.4, -0.2) is 33.5 Å². The number of hydrogen-bond acceptors (Lipinski definition) is 3. The van der Waals surface area contributed by atoms with Gasteiger partial charge in [0, 0.05) is 6.54 Å². The Morgan fingerprint density at radius 2 is 2.06 bits per heavy atom. The number of carboxylic acids is 2. The largest absolute Gasteiger partial charge is 0.479 e. The van der Waals surface area contributed by atoms with Crippen LogP contribution in [0.2, 0.25) is 0 Å². The number of hydrogen-bond donors (Lipinski definition) is 2. The van der Waals surface area contributed by atoms with Gasteiger partial charge in [0.2, 0.25) is 6.41 Å². The van der Waals surface area contributed by atoms with Gasteiger partial charge in [-0.1, -0.05) is 6.07 Å². The van der Waals surface area contributed by atoms with Crippen molar-refractivity contribution in [1.29, 1.82) is 0 Å². The molecule has 88 valence electrons. The summed E-state index contributed by atoms with van der Waals surface area (Å²) in [5.74, 6) is -2.29. The summed E-state index contributed by atoms with van der Waals surface area (Å²) in [5, 5.41) is 17.9. The van der Waals surface area contributed by atoms with Crippen LogP contribution in [0.1, 0.15) is 27.5 Å². The number of fused-ring (bicyclic) bond motifs is 1. The standard InChI is InChI=1S/C11H9NO5/c13-5-12-4-7-2-1-6(10(14)15)3-8(7)9(12)11(16)17/h1-3,5,9H,4H2,(H,14,15)(H,16,17). The van der Waals surface area contributed by atoms with Crippen LogP contribution in [0.15, 0.2) is 18.2 Å². The molecule has 6 nitrogen and oxygen atoms in total. The van der Waals surface area contributed by atoms with Crippen LogP contribution >= 0.6 is 0 Å². The predicted octanol–water partition coefficient (Wildman–Crippen LogP) is 0.482. The van der Waals surface area contributed by atoms with Gasteiger partial charge in [0.1, 0.15) is 0 Å². The summed E-state index contributed by atoms with van der Waals surface area (Å²) in [6, 6.07) is 3.15. The first-order chi connectivity index (χ1) is 8.04. The molecule has 0 fully saturated rings. The van der Waals surface area contributed by atoms with E-state index < -0.39 is 18.0 Å². The molecule has 6 heteroatoms. The first kappa shape index (κ1) is 11.1. The summed E-state index contributed by atoms with van der Waals surface area (Å²) in [6.45, 7) is 0.190. The molecule has 0 radical (unpaired) electrons. The summed E-state index contributed by atoms with van der Waals surface area (Å²) >= 11 is 0. The maximum atomic E-state index is 11.1. The summed E-state index contributed by atoms with van der Waals surface area (Å²) in [6.07, 6.45) is 0.458. The fraction of sp³-hybridized carbons (Fsp3) is 0.182. The summed E-state index contributed by atoms with van der Waals surface area (Å²) in [7, 11) is 0. The molecular weight excluding hydrogens is 226 g/mol. The molecule has 0 saturated carbocycles. The molecular formula is C11H9NO5. The highest BCUT2D eigenvalue weighted by Crippen LogP contribution is 2.33. The van der Waals surface area contributed by atoms with E-state index in [0.717, 1.165) is 4.90 Å². The summed E-state index contributed by atoms with van der Waals surface area (Å²) in [5.41, 5.74) is 1.04. The van der Waals surface area contributed by atoms with E-state index in [1.807, 2.05) is 0 Å². The van der Waals surface area contributed by atoms with Crippen LogP contribution < -0.4 is 0 Å². The van der Waals surface area contributed by atoms with Gasteiger partial charge in [0.05, 0.1) is 5.56 Å². The zero-order chi connectivity index (χ0) is 12.6. The molecule has 1 aliphatic rings. The lowest BCUT2D eigenvalue weighted by Crippen LogP contribution is -2.26. The topological polar surface area (TPSA) is 94.9 Å². The molecule has 0 saturated heterocycles. The number of amides is 1. The van der Waals surface area contributed by atoms with Crippen molar-refractivity contribution in [2.75, 3.05) is 0 Å². The molecule has 1 heterocycles. The minimum Gasteiger partial charge on any atom is -0.479 e. The third-order valence-corrected chi connectivity index (χ3v) is 2.74. The van der Waals surface area contributed by atoms with E-state index in [4.69, 9.17) is 10.2 Å². The molecule has 1 aromatic rings. The van der Waals surface area contributed by atoms with E-state index in [0.29, 0.717) is 17.5 Å². The highest BCUT2D eigenvalue weighted by Gasteiger charge is 2.35. The van der Waals surface area contributed by atoms with Crippen LogP contribution in [0.5, 0.6) is 0 Å². The molecule has 0 aliphatic carbocycles. The number of carboxylic acid groups (broad SMARTS) is 2. The van der Waals surface area contributed by atoms with Crippen LogP contribution in [0.3, 0.4) is 0 Å². The Morgan fingerprint density at radius 3 is 2.59 bits per heavy atom. The molecule has 1 amide bonds. The molecule has 0 aromatic heterocycles. The predicted molar refractivity (Wildman–Crippen MR) is 55.4 cm³/mol. The number of rotatable bonds is 3. The molecule has 1 unspecified atom stereocenters. The van der Waals surface area contributed by atoms with Gasteiger partial charge in [0.25, 0.3) is 0 Å². The maximum Gasteiger partial charge on any atom is 0.335 e. The van der Waals surface area contributed by atoms with Crippen molar-refractivity contribution < 1.29 is 24.6 Å². The Labute approximate surface area is 96.1 Å². The van der Waals surface area contributed by atoms with E-state index in [9.17, 15) is 14.4 Å². The van der Waals surface area contributed by atoms with Gasteiger partial charge in [-0.05, 0) is 23.3 Å². The van der Waals surface area contributed by atoms with E-state index in [-0.39, 0.29) is 12.1 Å². The van der Waals surface area contributed by atoms with E-state index in [1.165, 1.54) is 18.2 Å². The first-order valence-electron chi connectivity index (χ1n) is 4.84. The minimum atomic E-state index is -1.17. The Morgan fingerprint density at radius 1 is 1.35 bits per heavy atom. The number of nitrogens with zero attached hydrogens (tertiary/aromatic N) is 1. The average molecular weight is 235 g/mol. The Hall–Kier alpha value is -2.37. The van der Waals surface area contributed by atoms with Crippen LogP contribution in [0.4, 0.5) is 0 Å². The van der Waals surface area contributed by atoms with Crippen molar-refractivity contribution in [2.24, 2.45) is 0 Å². The number of carbonyl (C=O) groups excluding carboxylic acids is 1. The highest BCUT2D eigenvalue weighted by atomic mass is 16.4. The van der Waals surface area contributed by atoms with Crippen molar-refractivity contribution in [3.63, 3.8) is 0 Å². The summed E-state index contributed by atoms with van der Waals surface area (Å²) in [4.78, 5) is 33.7. The normalized spacial score (nSPS) is 17.6. The summed E-state index contributed by atoms with van der Waals surface area (Å²) < 4.78 is 0. The number of aromatic carboxylic acids is 1. The molecule has 2 N–H and O–H groups in total. The fourth-order valence-electron chi connectivity index (χ4n) is 1.97. The quantitative estimate of drug-likeness (QED) is 0.743. The number of benzene rings is 1. The average Bonchev–Trinajstić information content (AvgIpc) is 2.65. The minimum absolute atomic E-state index is 0.0164. The van der Waals surface area contributed by atoms with Crippen LogP contribution in [0, 0.1) is 0 Å². The molecule has 0 spiro atoms. The molecule has 2 rings (SSSR count). The van der Waals surface area contributed by atoms with Gasteiger partial charge in [-0.2, -0.15) is 0 Å². The third-order valence-electron chi connectivity index (χ3n) is 2.74. The second-order valence-electron chi connectivity index (χ2n) is 3.74. The Kier molecular flexibility index (Phi) is 2.55. The second kappa shape index (κ2) is 3.89. The van der Waals surface area contributed by atoms with E-state index in [1.54, 1.807) is 0 Å². The van der Waals surface area contributed by atoms with Gasteiger partial charge in [-0.25, -0.2) is 9.59 Å². The molecule has 17 heavy (non-hydrogen) atoms. The first-order valence-corrected chi connectivity index (χ1v) is 4.84. The van der Waals surface area contributed by atoms with Gasteiger partial charge >= 0.3 is 11.9 Å². The van der Waals surface area contributed by atoms with Gasteiger partial charge < -0.3 is 15.1 Å². The number of carbonyl (C=O) groups is 3. The zero-order valence-corrected chi connectivity index (χ0v) is 8.66. The Balaban J connectivity index is 2.51. The maximum absolute atomic E-state index is 11.1. The zero-order valence-electron chi connectivity index (χ0n) is 8.66. The number of aliphatic carboxylic acids is 1. The lowest BCUT2D eigenvalue weighted by Gasteiger charge is -2.15. The molecule has 1 aromatic carbocycles. The van der Waals surface area contributed by atoms with E-state index >= 15 is 0 Å². The fourth-order valence-corrected chi connectivity index (χ4v) is 1.97. The van der Waals surface area contributed by atoms with Gasteiger partial charge in [0.15, 0.2) is 6.04 Å². The SMILES string of the molecule is O=CN1Cc2ccc(C(=O)O)cc2C1C(=O)O. The monoisotopic (exact) mass is 235 g/mol. The highest BCUT2D eigenvalue weighted by molar-refractivity contribution is 5.89. The van der Waals surface area contributed by atoms with Gasteiger partial charge in [-0.3, -0.25) is 4.79 Å². The molecule has 0 bridgehead atoms. The Bertz CT molecular complexity index is 511. The van der Waals surface area contributed by atoms with Crippen molar-refractivity contribution in [3.05, 3.63) is 34.9 Å². The van der Waals surface area contributed by atoms with Crippen molar-refractivity contribution >= 4 is 18.3 Å². The lowest BCUT2D eigenvalue weighted by molar-refractivity contribution is -0.146. The van der Waals surface area contributed by atoms with E-state index in [2.05, 4.69) is 0 Å². The second-order valence-corrected chi connectivity index (χ2v) is 3.74. The third kappa shape index (κ3) is 1.73. The van der Waals surface area contributed by atoms with Crippen molar-refractivity contribution in [1.82, 2.24) is 4.90 Å². The van der Waals surface area contributed by atoms with Crippen molar-refractivity contribution in [3.8, 4) is 0 Å². The van der Waals surface area contributed by atoms with Crippen molar-refractivity contribution in [2.45, 2.75) is 12.6 Å². The molecule has 1 aliphatic heterocycles. The van der Waals surface area contributed by atoms with Crippen LogP contribution in [0.25, 0.3) is 0 Å². The smallest absolute Gasteiger partial charge is 0.335 e. The van der Waals surface area contributed by atoms with Gasteiger partial charge in [-0.15, -0.1) is 0 Å².